The van der Waals surface area contributed by atoms with Crippen LogP contribution in [-0.4, -0.2) is 16.9 Å². The van der Waals surface area contributed by atoms with Gasteiger partial charge in [0.2, 0.25) is 0 Å². The van der Waals surface area contributed by atoms with E-state index in [1.807, 2.05) is 12.1 Å². The minimum Gasteiger partial charge on any atom is -0.478 e. The molecule has 0 aliphatic carbocycles. The van der Waals surface area contributed by atoms with Crippen molar-refractivity contribution >= 4 is 17.8 Å². The summed E-state index contributed by atoms with van der Waals surface area (Å²) in [6.45, 7) is 1.54. The van der Waals surface area contributed by atoms with Crippen LogP contribution in [-0.2, 0) is 16.0 Å². The van der Waals surface area contributed by atoms with Crippen LogP contribution in [0.4, 0.5) is 0 Å². The SMILES string of the molecule is CC(=O)Cc1ccc(C=CC(=O)O)cc1. The van der Waals surface area contributed by atoms with E-state index in [0.717, 1.165) is 17.2 Å². The second-order valence-corrected chi connectivity index (χ2v) is 3.29. The molecule has 1 aromatic carbocycles. The number of aliphatic carboxylic acids is 1. The predicted octanol–water partition coefficient (Wildman–Crippen LogP) is 1.92. The van der Waals surface area contributed by atoms with Gasteiger partial charge in [0, 0.05) is 12.5 Å². The average molecular weight is 204 g/mol. The lowest BCUT2D eigenvalue weighted by Crippen LogP contribution is -1.95. The van der Waals surface area contributed by atoms with Gasteiger partial charge in [-0.3, -0.25) is 4.79 Å². The first-order chi connectivity index (χ1) is 7.08. The van der Waals surface area contributed by atoms with E-state index in [0.29, 0.717) is 6.42 Å². The Morgan fingerprint density at radius 1 is 1.27 bits per heavy atom. The van der Waals surface area contributed by atoms with E-state index >= 15 is 0 Å². The predicted molar refractivity (Wildman–Crippen MR) is 57.5 cm³/mol. The van der Waals surface area contributed by atoms with Crippen molar-refractivity contribution in [1.29, 1.82) is 0 Å². The van der Waals surface area contributed by atoms with Crippen LogP contribution < -0.4 is 0 Å². The molecular formula is C12H12O3. The van der Waals surface area contributed by atoms with Gasteiger partial charge in [-0.05, 0) is 24.1 Å². The van der Waals surface area contributed by atoms with Crippen molar-refractivity contribution in [2.75, 3.05) is 0 Å². The molecule has 0 aliphatic heterocycles. The zero-order valence-corrected chi connectivity index (χ0v) is 8.43. The van der Waals surface area contributed by atoms with Gasteiger partial charge in [0.1, 0.15) is 5.78 Å². The van der Waals surface area contributed by atoms with E-state index in [4.69, 9.17) is 5.11 Å². The molecule has 1 aromatic rings. The third kappa shape index (κ3) is 4.22. The molecule has 1 rings (SSSR count). The third-order valence-electron chi connectivity index (χ3n) is 1.85. The summed E-state index contributed by atoms with van der Waals surface area (Å²) in [5.74, 6) is -0.855. The highest BCUT2D eigenvalue weighted by molar-refractivity contribution is 5.85. The molecule has 0 radical (unpaired) electrons. The lowest BCUT2D eigenvalue weighted by Gasteiger charge is -1.98. The van der Waals surface area contributed by atoms with Crippen molar-refractivity contribution in [3.63, 3.8) is 0 Å². The van der Waals surface area contributed by atoms with Gasteiger partial charge in [-0.1, -0.05) is 24.3 Å². The smallest absolute Gasteiger partial charge is 0.328 e. The van der Waals surface area contributed by atoms with E-state index in [1.165, 1.54) is 13.0 Å². The molecule has 0 fully saturated rings. The number of benzene rings is 1. The number of carboxylic acids is 1. The van der Waals surface area contributed by atoms with Crippen LogP contribution in [0.15, 0.2) is 30.3 Å². The lowest BCUT2D eigenvalue weighted by atomic mass is 10.1. The molecule has 0 atom stereocenters. The second kappa shape index (κ2) is 5.10. The number of hydrogen-bond acceptors (Lipinski definition) is 2. The maximum Gasteiger partial charge on any atom is 0.328 e. The Kier molecular flexibility index (Phi) is 3.80. The summed E-state index contributed by atoms with van der Waals surface area (Å²) < 4.78 is 0. The molecule has 15 heavy (non-hydrogen) atoms. The highest BCUT2D eigenvalue weighted by Crippen LogP contribution is 2.07. The Morgan fingerprint density at radius 3 is 2.33 bits per heavy atom. The Morgan fingerprint density at radius 2 is 1.87 bits per heavy atom. The minimum atomic E-state index is -0.970. The maximum atomic E-state index is 10.8. The summed E-state index contributed by atoms with van der Waals surface area (Å²) in [6.07, 6.45) is 3.02. The highest BCUT2D eigenvalue weighted by Gasteiger charge is 1.96. The van der Waals surface area contributed by atoms with Gasteiger partial charge in [0.05, 0.1) is 0 Å². The molecule has 0 saturated carbocycles. The largest absolute Gasteiger partial charge is 0.478 e. The standard InChI is InChI=1S/C12H12O3/c1-9(13)8-11-4-2-10(3-5-11)6-7-12(14)15/h2-7H,8H2,1H3,(H,14,15). The Labute approximate surface area is 88.0 Å². The monoisotopic (exact) mass is 204 g/mol. The van der Waals surface area contributed by atoms with Crippen molar-refractivity contribution in [3.05, 3.63) is 41.5 Å². The molecule has 3 nitrogen and oxygen atoms in total. The van der Waals surface area contributed by atoms with Crippen molar-refractivity contribution in [2.45, 2.75) is 13.3 Å². The van der Waals surface area contributed by atoms with E-state index in [9.17, 15) is 9.59 Å². The van der Waals surface area contributed by atoms with Gasteiger partial charge in [-0.25, -0.2) is 4.79 Å². The van der Waals surface area contributed by atoms with Crippen LogP contribution in [0.25, 0.3) is 6.08 Å². The van der Waals surface area contributed by atoms with Crippen molar-refractivity contribution in [2.24, 2.45) is 0 Å². The number of carboxylic acid groups (broad SMARTS) is 1. The quantitative estimate of drug-likeness (QED) is 0.762. The summed E-state index contributed by atoms with van der Waals surface area (Å²) in [7, 11) is 0. The number of Topliss-reactive ketones (excluding diaryl/α,β-unsaturated/α-hetero) is 1. The Hall–Kier alpha value is -1.90. The fourth-order valence-electron chi connectivity index (χ4n) is 1.20. The fraction of sp³-hybridized carbons (Fsp3) is 0.167. The van der Waals surface area contributed by atoms with Crippen LogP contribution in [0, 0.1) is 0 Å². The first kappa shape index (κ1) is 11.2. The summed E-state index contributed by atoms with van der Waals surface area (Å²) in [5.41, 5.74) is 1.75. The topological polar surface area (TPSA) is 54.4 Å². The van der Waals surface area contributed by atoms with Gasteiger partial charge in [-0.2, -0.15) is 0 Å². The summed E-state index contributed by atoms with van der Waals surface area (Å²) >= 11 is 0. The maximum absolute atomic E-state index is 10.8. The molecule has 0 unspecified atom stereocenters. The summed E-state index contributed by atoms with van der Waals surface area (Å²) in [6, 6.07) is 7.22. The molecule has 78 valence electrons. The first-order valence-corrected chi connectivity index (χ1v) is 4.57. The number of ketones is 1. The van der Waals surface area contributed by atoms with Crippen LogP contribution in [0.1, 0.15) is 18.1 Å². The first-order valence-electron chi connectivity index (χ1n) is 4.57. The molecule has 0 heterocycles. The van der Waals surface area contributed by atoms with Crippen molar-refractivity contribution in [1.82, 2.24) is 0 Å². The van der Waals surface area contributed by atoms with Gasteiger partial charge < -0.3 is 5.11 Å². The Bertz CT molecular complexity index is 388. The molecule has 3 heteroatoms. The van der Waals surface area contributed by atoms with Crippen LogP contribution in [0.3, 0.4) is 0 Å². The zero-order chi connectivity index (χ0) is 11.3. The molecule has 0 spiro atoms. The fourth-order valence-corrected chi connectivity index (χ4v) is 1.20. The highest BCUT2D eigenvalue weighted by atomic mass is 16.4. The number of carbonyl (C=O) groups is 2. The molecule has 0 bridgehead atoms. The van der Waals surface area contributed by atoms with Crippen LogP contribution in [0.5, 0.6) is 0 Å². The van der Waals surface area contributed by atoms with Crippen LogP contribution >= 0.6 is 0 Å². The van der Waals surface area contributed by atoms with Crippen molar-refractivity contribution < 1.29 is 14.7 Å². The summed E-state index contributed by atoms with van der Waals surface area (Å²) in [5, 5.41) is 8.42. The molecular weight excluding hydrogens is 192 g/mol. The number of rotatable bonds is 4. The second-order valence-electron chi connectivity index (χ2n) is 3.29. The van der Waals surface area contributed by atoms with E-state index in [-0.39, 0.29) is 5.78 Å². The Balaban J connectivity index is 2.72. The third-order valence-corrected chi connectivity index (χ3v) is 1.85. The summed E-state index contributed by atoms with van der Waals surface area (Å²) in [4.78, 5) is 21.1. The molecule has 0 saturated heterocycles. The number of hydrogen-bond donors (Lipinski definition) is 1. The zero-order valence-electron chi connectivity index (χ0n) is 8.43. The van der Waals surface area contributed by atoms with Gasteiger partial charge in [0.15, 0.2) is 0 Å². The molecule has 0 aromatic heterocycles. The molecule has 0 amide bonds. The molecule has 1 N–H and O–H groups in total. The van der Waals surface area contributed by atoms with Crippen LogP contribution in [0.2, 0.25) is 0 Å². The van der Waals surface area contributed by atoms with E-state index in [1.54, 1.807) is 12.1 Å². The van der Waals surface area contributed by atoms with E-state index < -0.39 is 5.97 Å². The normalized spacial score (nSPS) is 10.5. The van der Waals surface area contributed by atoms with Gasteiger partial charge >= 0.3 is 5.97 Å². The number of carbonyl (C=O) groups excluding carboxylic acids is 1. The average Bonchev–Trinajstić information content (AvgIpc) is 2.16. The van der Waals surface area contributed by atoms with Crippen molar-refractivity contribution in [3.8, 4) is 0 Å². The molecule has 0 aliphatic rings. The van der Waals surface area contributed by atoms with Gasteiger partial charge in [0.25, 0.3) is 0 Å². The van der Waals surface area contributed by atoms with Gasteiger partial charge in [-0.15, -0.1) is 0 Å². The minimum absolute atomic E-state index is 0.115. The lowest BCUT2D eigenvalue weighted by molar-refractivity contribution is -0.131. The van der Waals surface area contributed by atoms with E-state index in [2.05, 4.69) is 0 Å².